The molecule has 6 heteroatoms. The van der Waals surface area contributed by atoms with Gasteiger partial charge in [-0.05, 0) is 44.9 Å². The van der Waals surface area contributed by atoms with Gasteiger partial charge in [0.1, 0.15) is 11.4 Å². The molecule has 1 aromatic rings. The first-order chi connectivity index (χ1) is 9.69. The lowest BCUT2D eigenvalue weighted by Crippen LogP contribution is -2.36. The van der Waals surface area contributed by atoms with Crippen LogP contribution in [-0.2, 0) is 11.3 Å². The number of hydrogen-bond donors (Lipinski definition) is 1. The van der Waals surface area contributed by atoms with E-state index in [1.807, 2.05) is 0 Å². The van der Waals surface area contributed by atoms with Gasteiger partial charge in [0.2, 0.25) is 0 Å². The quantitative estimate of drug-likeness (QED) is 0.768. The third-order valence-electron chi connectivity index (χ3n) is 3.33. The van der Waals surface area contributed by atoms with Crippen molar-refractivity contribution in [3.8, 4) is 0 Å². The Labute approximate surface area is 132 Å². The molecular formula is C15H20BrFN2O2. The monoisotopic (exact) mass is 358 g/mol. The molecule has 0 aromatic heterocycles. The third kappa shape index (κ3) is 3.74. The fourth-order valence-electron chi connectivity index (χ4n) is 2.36. The zero-order valence-electron chi connectivity index (χ0n) is 12.5. The average Bonchev–Trinajstić information content (AvgIpc) is 2.52. The zero-order chi connectivity index (χ0) is 15.8. The highest BCUT2D eigenvalue weighted by atomic mass is 79.9. The number of halogens is 2. The maximum absolute atomic E-state index is 14.1. The molecule has 0 aliphatic carbocycles. The first-order valence-corrected chi connectivity index (χ1v) is 7.68. The van der Waals surface area contributed by atoms with Crippen molar-refractivity contribution in [2.75, 3.05) is 6.54 Å². The number of carbonyl (C=O) groups excluding carboxylic acids is 1. The Kier molecular flexibility index (Phi) is 4.58. The molecule has 0 fully saturated rings. The number of amides is 1. The third-order valence-corrected chi connectivity index (χ3v) is 4.02. The standard InChI is InChI=1S/C15H20BrFN2O2/c1-15(2,3)21-14(20)19-7-6-12(18)13-9(8-19)11(17)5-4-10(13)16/h4-5,12H,6-8,18H2,1-3H3/t12-/m1/s1. The molecule has 0 spiro atoms. The van der Waals surface area contributed by atoms with Crippen molar-refractivity contribution in [3.05, 3.63) is 33.5 Å². The topological polar surface area (TPSA) is 55.6 Å². The van der Waals surface area contributed by atoms with Crippen LogP contribution in [0.25, 0.3) is 0 Å². The van der Waals surface area contributed by atoms with Gasteiger partial charge in [-0.2, -0.15) is 0 Å². The van der Waals surface area contributed by atoms with Crippen molar-refractivity contribution in [2.45, 2.75) is 45.4 Å². The molecule has 1 amide bonds. The maximum atomic E-state index is 14.1. The van der Waals surface area contributed by atoms with Crippen LogP contribution in [0.2, 0.25) is 0 Å². The molecule has 2 N–H and O–H groups in total. The van der Waals surface area contributed by atoms with Crippen molar-refractivity contribution in [3.63, 3.8) is 0 Å². The fourth-order valence-corrected chi connectivity index (χ4v) is 3.03. The Morgan fingerprint density at radius 2 is 2.14 bits per heavy atom. The summed E-state index contributed by atoms with van der Waals surface area (Å²) in [5, 5.41) is 0. The van der Waals surface area contributed by atoms with Crippen LogP contribution in [0.5, 0.6) is 0 Å². The number of carbonyl (C=O) groups is 1. The van der Waals surface area contributed by atoms with E-state index in [9.17, 15) is 9.18 Å². The van der Waals surface area contributed by atoms with Crippen LogP contribution in [0.3, 0.4) is 0 Å². The molecule has 1 aliphatic heterocycles. The van der Waals surface area contributed by atoms with Crippen molar-refractivity contribution in [1.29, 1.82) is 0 Å². The van der Waals surface area contributed by atoms with Crippen LogP contribution in [0, 0.1) is 5.82 Å². The molecule has 0 bridgehead atoms. The minimum Gasteiger partial charge on any atom is -0.444 e. The summed E-state index contributed by atoms with van der Waals surface area (Å²) in [6, 6.07) is 2.73. The Morgan fingerprint density at radius 1 is 1.48 bits per heavy atom. The van der Waals surface area contributed by atoms with E-state index < -0.39 is 11.7 Å². The number of hydrogen-bond acceptors (Lipinski definition) is 3. The van der Waals surface area contributed by atoms with E-state index in [1.165, 1.54) is 11.0 Å². The Morgan fingerprint density at radius 3 is 2.76 bits per heavy atom. The van der Waals surface area contributed by atoms with E-state index in [0.29, 0.717) is 18.5 Å². The van der Waals surface area contributed by atoms with E-state index in [1.54, 1.807) is 26.8 Å². The van der Waals surface area contributed by atoms with Gasteiger partial charge in [-0.15, -0.1) is 0 Å². The molecule has 0 saturated carbocycles. The number of fused-ring (bicyclic) bond motifs is 1. The number of nitrogens with zero attached hydrogens (tertiary/aromatic N) is 1. The normalized spacial score (nSPS) is 19.0. The Hall–Kier alpha value is -1.14. The first-order valence-electron chi connectivity index (χ1n) is 6.89. The van der Waals surface area contributed by atoms with E-state index in [-0.39, 0.29) is 18.4 Å². The number of rotatable bonds is 0. The number of benzene rings is 1. The second-order valence-corrected chi connectivity index (χ2v) is 7.07. The Bertz CT molecular complexity index is 557. The largest absolute Gasteiger partial charge is 0.444 e. The summed E-state index contributed by atoms with van der Waals surface area (Å²) in [4.78, 5) is 13.7. The summed E-state index contributed by atoms with van der Waals surface area (Å²) in [6.07, 6.45) is 0.121. The van der Waals surface area contributed by atoms with Gasteiger partial charge in [-0.3, -0.25) is 0 Å². The van der Waals surface area contributed by atoms with Gasteiger partial charge in [0.05, 0.1) is 6.54 Å². The minimum atomic E-state index is -0.579. The van der Waals surface area contributed by atoms with Crippen molar-refractivity contribution in [1.82, 2.24) is 4.90 Å². The molecule has 0 radical (unpaired) electrons. The average molecular weight is 359 g/mol. The Balaban J connectivity index is 2.31. The van der Waals surface area contributed by atoms with Crippen LogP contribution < -0.4 is 5.73 Å². The number of ether oxygens (including phenoxy) is 1. The smallest absolute Gasteiger partial charge is 0.410 e. The lowest BCUT2D eigenvalue weighted by atomic mass is 10.00. The fraction of sp³-hybridized carbons (Fsp3) is 0.533. The van der Waals surface area contributed by atoms with E-state index in [2.05, 4.69) is 15.9 Å². The molecule has 1 aromatic carbocycles. The van der Waals surface area contributed by atoms with Crippen LogP contribution in [-0.4, -0.2) is 23.1 Å². The van der Waals surface area contributed by atoms with Crippen molar-refractivity contribution >= 4 is 22.0 Å². The van der Waals surface area contributed by atoms with Crippen LogP contribution in [0.15, 0.2) is 16.6 Å². The van der Waals surface area contributed by atoms with E-state index >= 15 is 0 Å². The summed E-state index contributed by atoms with van der Waals surface area (Å²) in [7, 11) is 0. The van der Waals surface area contributed by atoms with Crippen molar-refractivity contribution < 1.29 is 13.9 Å². The molecule has 1 heterocycles. The predicted octanol–water partition coefficient (Wildman–Crippen LogP) is 3.73. The van der Waals surface area contributed by atoms with Gasteiger partial charge in [-0.1, -0.05) is 15.9 Å². The summed E-state index contributed by atoms with van der Waals surface area (Å²) < 4.78 is 20.3. The van der Waals surface area contributed by atoms with Crippen LogP contribution >= 0.6 is 15.9 Å². The summed E-state index contributed by atoms with van der Waals surface area (Å²) >= 11 is 3.42. The van der Waals surface area contributed by atoms with E-state index in [0.717, 1.165) is 10.0 Å². The molecule has 4 nitrogen and oxygen atoms in total. The van der Waals surface area contributed by atoms with Crippen molar-refractivity contribution in [2.24, 2.45) is 5.73 Å². The van der Waals surface area contributed by atoms with Gasteiger partial charge in [0.15, 0.2) is 0 Å². The molecule has 0 saturated heterocycles. The molecule has 0 unspecified atom stereocenters. The summed E-state index contributed by atoms with van der Waals surface area (Å²) in [6.45, 7) is 6.03. The SMILES string of the molecule is CC(C)(C)OC(=O)N1CC[C@@H](N)c2c(Br)ccc(F)c2C1. The van der Waals surface area contributed by atoms with E-state index in [4.69, 9.17) is 10.5 Å². The highest BCUT2D eigenvalue weighted by Gasteiger charge is 2.29. The molecule has 1 atom stereocenters. The lowest BCUT2D eigenvalue weighted by molar-refractivity contribution is 0.0233. The first kappa shape index (κ1) is 16.2. The highest BCUT2D eigenvalue weighted by Crippen LogP contribution is 2.33. The molecule has 1 aliphatic rings. The molecule has 21 heavy (non-hydrogen) atoms. The molecule has 116 valence electrons. The van der Waals surface area contributed by atoms with Gasteiger partial charge in [-0.25, -0.2) is 9.18 Å². The molecule has 2 rings (SSSR count). The predicted molar refractivity (Wildman–Crippen MR) is 82.3 cm³/mol. The highest BCUT2D eigenvalue weighted by molar-refractivity contribution is 9.10. The summed E-state index contributed by atoms with van der Waals surface area (Å²) in [5.74, 6) is -0.348. The van der Waals surface area contributed by atoms with Crippen LogP contribution in [0.1, 0.15) is 44.4 Å². The van der Waals surface area contributed by atoms with Gasteiger partial charge in [0.25, 0.3) is 0 Å². The number of nitrogens with two attached hydrogens (primary N) is 1. The minimum absolute atomic E-state index is 0.170. The van der Waals surface area contributed by atoms with Gasteiger partial charge >= 0.3 is 6.09 Å². The van der Waals surface area contributed by atoms with Gasteiger partial charge in [0, 0.05) is 22.6 Å². The van der Waals surface area contributed by atoms with Gasteiger partial charge < -0.3 is 15.4 Å². The zero-order valence-corrected chi connectivity index (χ0v) is 14.0. The molecular weight excluding hydrogens is 339 g/mol. The van der Waals surface area contributed by atoms with Crippen LogP contribution in [0.4, 0.5) is 9.18 Å². The second-order valence-electron chi connectivity index (χ2n) is 6.22. The summed E-state index contributed by atoms with van der Waals surface area (Å²) in [5.41, 5.74) is 6.75. The maximum Gasteiger partial charge on any atom is 0.410 e. The second kappa shape index (κ2) is 5.93. The lowest BCUT2D eigenvalue weighted by Gasteiger charge is -2.26.